The van der Waals surface area contributed by atoms with Crippen LogP contribution in [0.2, 0.25) is 0 Å². The maximum atomic E-state index is 13.4. The summed E-state index contributed by atoms with van der Waals surface area (Å²) in [4.78, 5) is 91.8. The smallest absolute Gasteiger partial charge is 0.407 e. The first-order valence-corrected chi connectivity index (χ1v) is 16.4. The lowest BCUT2D eigenvalue weighted by Gasteiger charge is -2.28. The Bertz CT molecular complexity index is 1170. The average molecular weight is 682 g/mol. The summed E-state index contributed by atoms with van der Waals surface area (Å²) in [5, 5.41) is 19.1. The van der Waals surface area contributed by atoms with Gasteiger partial charge in [-0.05, 0) is 56.8 Å². The average Bonchev–Trinajstić information content (AvgIpc) is 3.85. The first kappa shape index (κ1) is 39.5. The van der Waals surface area contributed by atoms with Crippen LogP contribution in [0.5, 0.6) is 0 Å². The van der Waals surface area contributed by atoms with Crippen LogP contribution in [0.15, 0.2) is 4.99 Å². The monoisotopic (exact) mass is 681 g/mol. The number of carbonyl (C=O) groups is 7. The van der Waals surface area contributed by atoms with Gasteiger partial charge in [0.05, 0.1) is 13.0 Å². The fourth-order valence-electron chi connectivity index (χ4n) is 5.37. The molecule has 0 spiro atoms. The summed E-state index contributed by atoms with van der Waals surface area (Å²) in [5.41, 5.74) is 21.6. The van der Waals surface area contributed by atoms with Crippen LogP contribution in [0.25, 0.3) is 0 Å². The standard InChI is InChI=1S/C30H51N9O9/c31-23(40)15-22(28(46)37-21(25(32)43)14-17-6-2-1-3-7-17)38-27(45)20(11-12-24(41)42)36-26(44)19(8-4-5-13-35-29(33)34)39-30(47)48-16-18-9-10-18/h17-22H,1-16H2,(H2,31,40)(H2,32,43)(H,36,44)(H,37,46)(H,38,45)(H,39,47)(H,41,42)(H4,33,34,35)/t19-,20-,21-,22-/m0/s1. The van der Waals surface area contributed by atoms with Gasteiger partial charge in [0.2, 0.25) is 29.5 Å². The lowest BCUT2D eigenvalue weighted by molar-refractivity contribution is -0.138. The van der Waals surface area contributed by atoms with Crippen LogP contribution in [0.1, 0.15) is 89.9 Å². The molecule has 13 N–H and O–H groups in total. The zero-order valence-corrected chi connectivity index (χ0v) is 27.2. The predicted molar refractivity (Wildman–Crippen MR) is 172 cm³/mol. The summed E-state index contributed by atoms with van der Waals surface area (Å²) in [5.74, 6) is -5.37. The third-order valence-electron chi connectivity index (χ3n) is 8.22. The van der Waals surface area contributed by atoms with E-state index in [2.05, 4.69) is 26.3 Å². The predicted octanol–water partition coefficient (Wildman–Crippen LogP) is -1.41. The Morgan fingerprint density at radius 1 is 0.708 bits per heavy atom. The Labute approximate surface area is 279 Å². The lowest BCUT2D eigenvalue weighted by Crippen LogP contribution is -2.58. The largest absolute Gasteiger partial charge is 0.481 e. The minimum atomic E-state index is -1.56. The highest BCUT2D eigenvalue weighted by molar-refractivity contribution is 5.97. The molecular weight excluding hydrogens is 630 g/mol. The molecule has 0 aromatic heterocycles. The molecule has 6 amide bonds. The van der Waals surface area contributed by atoms with E-state index in [9.17, 15) is 38.7 Å². The Morgan fingerprint density at radius 2 is 1.29 bits per heavy atom. The maximum Gasteiger partial charge on any atom is 0.407 e. The number of rotatable bonds is 22. The first-order valence-electron chi connectivity index (χ1n) is 16.4. The number of nitrogens with zero attached hydrogens (tertiary/aromatic N) is 1. The van der Waals surface area contributed by atoms with Crippen molar-refractivity contribution in [2.75, 3.05) is 13.2 Å². The van der Waals surface area contributed by atoms with Crippen LogP contribution in [0, 0.1) is 11.8 Å². The highest BCUT2D eigenvalue weighted by Crippen LogP contribution is 2.29. The van der Waals surface area contributed by atoms with Crippen molar-refractivity contribution in [3.8, 4) is 0 Å². The van der Waals surface area contributed by atoms with Gasteiger partial charge in [-0.1, -0.05) is 32.1 Å². The van der Waals surface area contributed by atoms with E-state index in [1.807, 2.05) is 0 Å². The molecule has 0 aromatic rings. The molecule has 0 unspecified atom stereocenters. The summed E-state index contributed by atoms with van der Waals surface area (Å²) in [6.45, 7) is 0.460. The number of guanidine groups is 1. The van der Waals surface area contributed by atoms with Crippen LogP contribution in [-0.2, 0) is 33.5 Å². The minimum Gasteiger partial charge on any atom is -0.481 e. The van der Waals surface area contributed by atoms with Crippen LogP contribution in [0.3, 0.4) is 0 Å². The van der Waals surface area contributed by atoms with E-state index in [-0.39, 0.29) is 37.4 Å². The minimum absolute atomic E-state index is 0.0971. The van der Waals surface area contributed by atoms with Crippen LogP contribution < -0.4 is 44.2 Å². The number of amides is 6. The second-order valence-electron chi connectivity index (χ2n) is 12.5. The van der Waals surface area contributed by atoms with Gasteiger partial charge in [-0.3, -0.25) is 33.8 Å². The molecule has 18 nitrogen and oxygen atoms in total. The van der Waals surface area contributed by atoms with Gasteiger partial charge in [-0.15, -0.1) is 0 Å². The van der Waals surface area contributed by atoms with Gasteiger partial charge in [0.1, 0.15) is 24.2 Å². The molecule has 2 rings (SSSR count). The van der Waals surface area contributed by atoms with Gasteiger partial charge < -0.3 is 54.0 Å². The second-order valence-corrected chi connectivity index (χ2v) is 12.5. The number of hydrogen-bond acceptors (Lipinski definition) is 9. The van der Waals surface area contributed by atoms with Gasteiger partial charge >= 0.3 is 12.1 Å². The van der Waals surface area contributed by atoms with Gasteiger partial charge in [-0.2, -0.15) is 0 Å². The number of unbranched alkanes of at least 4 members (excludes halogenated alkanes) is 1. The third-order valence-corrected chi connectivity index (χ3v) is 8.22. The van der Waals surface area contributed by atoms with E-state index in [4.69, 9.17) is 27.7 Å². The number of carboxylic acid groups (broad SMARTS) is 1. The van der Waals surface area contributed by atoms with Gasteiger partial charge in [0.25, 0.3) is 0 Å². The van der Waals surface area contributed by atoms with Gasteiger partial charge in [-0.25, -0.2) is 4.79 Å². The van der Waals surface area contributed by atoms with E-state index in [1.54, 1.807) is 0 Å². The van der Waals surface area contributed by atoms with Crippen LogP contribution >= 0.6 is 0 Å². The van der Waals surface area contributed by atoms with Crippen molar-refractivity contribution >= 4 is 47.6 Å². The Hall–Kier alpha value is -4.64. The summed E-state index contributed by atoms with van der Waals surface area (Å²) in [7, 11) is 0. The topological polar surface area (TPSA) is 314 Å². The molecule has 0 heterocycles. The van der Waals surface area contributed by atoms with Gasteiger partial charge in [0, 0.05) is 13.0 Å². The molecular formula is C30H51N9O9. The van der Waals surface area contributed by atoms with Crippen molar-refractivity contribution < 1.29 is 43.4 Å². The SMILES string of the molecule is NC(=O)C[C@H](NC(=O)[C@H](CCC(=O)O)NC(=O)[C@H](CCCCN=C(N)N)NC(=O)OCC1CC1)C(=O)N[C@@H](CC1CCCCC1)C(N)=O. The van der Waals surface area contributed by atoms with Crippen molar-refractivity contribution in [1.29, 1.82) is 0 Å². The molecule has 2 fully saturated rings. The molecule has 18 heteroatoms. The number of aliphatic carboxylic acids is 1. The molecule has 2 saturated carbocycles. The van der Waals surface area contributed by atoms with Gasteiger partial charge in [0.15, 0.2) is 5.96 Å². The summed E-state index contributed by atoms with van der Waals surface area (Å²) in [6, 6.07) is -5.31. The Morgan fingerprint density at radius 3 is 1.85 bits per heavy atom. The molecule has 0 saturated heterocycles. The third kappa shape index (κ3) is 16.3. The Kier molecular flexibility index (Phi) is 16.9. The highest BCUT2D eigenvalue weighted by Gasteiger charge is 2.33. The number of aliphatic imine (C=N–C) groups is 1. The molecule has 0 aliphatic heterocycles. The van der Waals surface area contributed by atoms with E-state index in [1.165, 1.54) is 0 Å². The highest BCUT2D eigenvalue weighted by atomic mass is 16.5. The summed E-state index contributed by atoms with van der Waals surface area (Å²) < 4.78 is 5.19. The molecule has 0 bridgehead atoms. The number of alkyl carbamates (subject to hydrolysis) is 1. The first-order chi connectivity index (χ1) is 22.7. The fourth-order valence-corrected chi connectivity index (χ4v) is 5.37. The van der Waals surface area contributed by atoms with Crippen LogP contribution in [0.4, 0.5) is 4.79 Å². The van der Waals surface area contributed by atoms with Crippen molar-refractivity contribution in [3.63, 3.8) is 0 Å². The lowest BCUT2D eigenvalue weighted by atomic mass is 9.84. The molecule has 4 atom stereocenters. The zero-order valence-electron chi connectivity index (χ0n) is 27.2. The fraction of sp³-hybridized carbons (Fsp3) is 0.733. The summed E-state index contributed by atoms with van der Waals surface area (Å²) >= 11 is 0. The number of hydrogen-bond donors (Lipinski definition) is 9. The summed E-state index contributed by atoms with van der Waals surface area (Å²) in [6.07, 6.45) is 5.46. The number of nitrogens with two attached hydrogens (primary N) is 4. The number of carboxylic acids is 1. The Balaban J connectivity index is 2.16. The zero-order chi connectivity index (χ0) is 35.6. The molecule has 2 aliphatic rings. The maximum absolute atomic E-state index is 13.4. The molecule has 0 aromatic carbocycles. The normalized spacial score (nSPS) is 17.0. The van der Waals surface area contributed by atoms with Crippen molar-refractivity contribution in [2.24, 2.45) is 39.8 Å². The number of ether oxygens (including phenoxy) is 1. The quantitative estimate of drug-likeness (QED) is 0.0363. The van der Waals surface area contributed by atoms with E-state index in [0.29, 0.717) is 19.3 Å². The molecule has 48 heavy (non-hydrogen) atoms. The number of primary amides is 2. The van der Waals surface area contributed by atoms with E-state index in [0.717, 1.165) is 44.9 Å². The van der Waals surface area contributed by atoms with E-state index < -0.39 is 85.0 Å². The molecule has 2 aliphatic carbocycles. The molecule has 270 valence electrons. The van der Waals surface area contributed by atoms with Crippen molar-refractivity contribution in [3.05, 3.63) is 0 Å². The van der Waals surface area contributed by atoms with Crippen LogP contribution in [-0.4, -0.2) is 90.0 Å². The second kappa shape index (κ2) is 20.6. The number of nitrogens with one attached hydrogen (secondary N) is 4. The number of carbonyl (C=O) groups excluding carboxylic acids is 6. The molecule has 0 radical (unpaired) electrons. The van der Waals surface area contributed by atoms with Crippen molar-refractivity contribution in [2.45, 2.75) is 114 Å². The van der Waals surface area contributed by atoms with E-state index >= 15 is 0 Å². The van der Waals surface area contributed by atoms with Crippen molar-refractivity contribution in [1.82, 2.24) is 21.3 Å².